The topological polar surface area (TPSA) is 66.0 Å². The lowest BCUT2D eigenvalue weighted by Gasteiger charge is -2.01. The number of aryl methyl sites for hydroxylation is 1. The largest absolute Gasteiger partial charge is 0.478 e. The molecule has 0 spiro atoms. The van der Waals surface area contributed by atoms with Gasteiger partial charge in [-0.15, -0.1) is 0 Å². The molecular weight excluding hydrogens is 204 g/mol. The van der Waals surface area contributed by atoms with Crippen LogP contribution < -0.4 is 0 Å². The van der Waals surface area contributed by atoms with Gasteiger partial charge in [-0.1, -0.05) is 19.1 Å². The molecule has 2 N–H and O–H groups in total. The summed E-state index contributed by atoms with van der Waals surface area (Å²) in [7, 11) is 0. The Labute approximate surface area is 93.0 Å². The van der Waals surface area contributed by atoms with E-state index in [1.54, 1.807) is 30.6 Å². The Balaban J connectivity index is 2.38. The number of H-pyrrole nitrogens is 1. The first-order valence-electron chi connectivity index (χ1n) is 5.08. The molecule has 0 atom stereocenters. The van der Waals surface area contributed by atoms with E-state index in [0.717, 1.165) is 23.4 Å². The van der Waals surface area contributed by atoms with E-state index in [9.17, 15) is 4.79 Å². The highest BCUT2D eigenvalue weighted by atomic mass is 16.4. The van der Waals surface area contributed by atoms with Crippen molar-refractivity contribution in [1.82, 2.24) is 9.97 Å². The molecule has 82 valence electrons. The fraction of sp³-hybridized carbons (Fsp3) is 0.167. The minimum Gasteiger partial charge on any atom is -0.478 e. The predicted molar refractivity (Wildman–Crippen MR) is 60.4 cm³/mol. The Morgan fingerprint density at radius 3 is 2.62 bits per heavy atom. The standard InChI is InChI=1S/C12H12N2O2/c1-2-10-11(14-7-13-10)8-3-5-9(6-4-8)12(15)16/h3-7H,2H2,1H3,(H,13,14)(H,15,16). The number of aromatic amines is 1. The molecule has 4 nitrogen and oxygen atoms in total. The first-order chi connectivity index (χ1) is 7.72. The number of carboxylic acid groups (broad SMARTS) is 1. The van der Waals surface area contributed by atoms with Crippen molar-refractivity contribution in [2.24, 2.45) is 0 Å². The van der Waals surface area contributed by atoms with Crippen molar-refractivity contribution in [3.05, 3.63) is 41.9 Å². The normalized spacial score (nSPS) is 10.3. The van der Waals surface area contributed by atoms with Crippen LogP contribution in [-0.2, 0) is 6.42 Å². The lowest BCUT2D eigenvalue weighted by Crippen LogP contribution is -1.95. The minimum absolute atomic E-state index is 0.289. The number of imidazole rings is 1. The minimum atomic E-state index is -0.913. The van der Waals surface area contributed by atoms with Crippen LogP contribution in [0.1, 0.15) is 23.0 Å². The van der Waals surface area contributed by atoms with Gasteiger partial charge in [0, 0.05) is 11.3 Å². The first kappa shape index (κ1) is 10.4. The Bertz CT molecular complexity index is 500. The summed E-state index contributed by atoms with van der Waals surface area (Å²) in [6.45, 7) is 2.04. The number of carbonyl (C=O) groups is 1. The van der Waals surface area contributed by atoms with Gasteiger partial charge in [-0.2, -0.15) is 0 Å². The number of hydrogen-bond donors (Lipinski definition) is 2. The molecule has 1 heterocycles. The lowest BCUT2D eigenvalue weighted by molar-refractivity contribution is 0.0697. The zero-order chi connectivity index (χ0) is 11.5. The van der Waals surface area contributed by atoms with Crippen LogP contribution >= 0.6 is 0 Å². The van der Waals surface area contributed by atoms with Crippen molar-refractivity contribution in [2.45, 2.75) is 13.3 Å². The number of nitrogens with one attached hydrogen (secondary N) is 1. The van der Waals surface area contributed by atoms with Crippen LogP contribution in [-0.4, -0.2) is 21.0 Å². The quantitative estimate of drug-likeness (QED) is 0.827. The second-order valence-corrected chi connectivity index (χ2v) is 3.47. The Morgan fingerprint density at radius 1 is 1.38 bits per heavy atom. The van der Waals surface area contributed by atoms with Gasteiger partial charge in [0.25, 0.3) is 0 Å². The average Bonchev–Trinajstić information content (AvgIpc) is 2.77. The highest BCUT2D eigenvalue weighted by Crippen LogP contribution is 2.21. The summed E-state index contributed by atoms with van der Waals surface area (Å²) in [5, 5.41) is 8.79. The van der Waals surface area contributed by atoms with Gasteiger partial charge in [-0.25, -0.2) is 9.78 Å². The molecule has 2 aromatic rings. The van der Waals surface area contributed by atoms with E-state index < -0.39 is 5.97 Å². The van der Waals surface area contributed by atoms with Crippen molar-refractivity contribution >= 4 is 5.97 Å². The van der Waals surface area contributed by atoms with E-state index in [1.807, 2.05) is 6.92 Å². The number of carboxylic acids is 1. The molecule has 4 heteroatoms. The average molecular weight is 216 g/mol. The van der Waals surface area contributed by atoms with Gasteiger partial charge >= 0.3 is 5.97 Å². The van der Waals surface area contributed by atoms with Gasteiger partial charge in [0.05, 0.1) is 17.6 Å². The van der Waals surface area contributed by atoms with Crippen molar-refractivity contribution in [1.29, 1.82) is 0 Å². The summed E-state index contributed by atoms with van der Waals surface area (Å²) in [6, 6.07) is 6.73. The van der Waals surface area contributed by atoms with E-state index in [2.05, 4.69) is 9.97 Å². The van der Waals surface area contributed by atoms with Gasteiger partial charge < -0.3 is 10.1 Å². The van der Waals surface area contributed by atoms with Gasteiger partial charge in [-0.05, 0) is 18.6 Å². The summed E-state index contributed by atoms with van der Waals surface area (Å²) in [4.78, 5) is 18.0. The fourth-order valence-corrected chi connectivity index (χ4v) is 1.61. The molecule has 1 aromatic heterocycles. The maximum absolute atomic E-state index is 10.7. The zero-order valence-electron chi connectivity index (χ0n) is 8.90. The first-order valence-corrected chi connectivity index (χ1v) is 5.08. The Kier molecular flexibility index (Phi) is 2.72. The summed E-state index contributed by atoms with van der Waals surface area (Å²) in [6.07, 6.45) is 2.52. The molecule has 0 aliphatic carbocycles. The van der Waals surface area contributed by atoms with Crippen LogP contribution in [0.5, 0.6) is 0 Å². The fourth-order valence-electron chi connectivity index (χ4n) is 1.61. The second-order valence-electron chi connectivity index (χ2n) is 3.47. The summed E-state index contributed by atoms with van der Waals surface area (Å²) in [5.41, 5.74) is 3.17. The van der Waals surface area contributed by atoms with E-state index in [4.69, 9.17) is 5.11 Å². The van der Waals surface area contributed by atoms with Crippen LogP contribution in [0.15, 0.2) is 30.6 Å². The van der Waals surface area contributed by atoms with Crippen LogP contribution in [0.4, 0.5) is 0 Å². The molecule has 0 aliphatic heterocycles. The zero-order valence-corrected chi connectivity index (χ0v) is 8.90. The van der Waals surface area contributed by atoms with Crippen LogP contribution in [0.3, 0.4) is 0 Å². The van der Waals surface area contributed by atoms with Crippen LogP contribution in [0, 0.1) is 0 Å². The number of benzene rings is 1. The molecule has 0 unspecified atom stereocenters. The molecule has 0 fully saturated rings. The molecule has 1 aromatic carbocycles. The third-order valence-electron chi connectivity index (χ3n) is 2.48. The molecule has 16 heavy (non-hydrogen) atoms. The van der Waals surface area contributed by atoms with Gasteiger partial charge in [0.1, 0.15) is 0 Å². The van der Waals surface area contributed by atoms with E-state index in [0.29, 0.717) is 0 Å². The van der Waals surface area contributed by atoms with E-state index in [1.165, 1.54) is 0 Å². The van der Waals surface area contributed by atoms with E-state index >= 15 is 0 Å². The van der Waals surface area contributed by atoms with Crippen molar-refractivity contribution < 1.29 is 9.90 Å². The smallest absolute Gasteiger partial charge is 0.335 e. The van der Waals surface area contributed by atoms with Gasteiger partial charge in [-0.3, -0.25) is 0 Å². The number of nitrogens with zero attached hydrogens (tertiary/aromatic N) is 1. The molecule has 0 saturated carbocycles. The molecule has 0 aliphatic rings. The highest BCUT2D eigenvalue weighted by Gasteiger charge is 2.07. The second kappa shape index (κ2) is 4.18. The summed E-state index contributed by atoms with van der Waals surface area (Å²) in [5.74, 6) is -0.913. The van der Waals surface area contributed by atoms with Crippen molar-refractivity contribution in [3.63, 3.8) is 0 Å². The van der Waals surface area contributed by atoms with Crippen molar-refractivity contribution in [3.8, 4) is 11.3 Å². The SMILES string of the molecule is CCc1[nH]cnc1-c1ccc(C(=O)O)cc1. The number of aromatic carboxylic acids is 1. The molecule has 0 amide bonds. The van der Waals surface area contributed by atoms with Crippen LogP contribution in [0.25, 0.3) is 11.3 Å². The monoisotopic (exact) mass is 216 g/mol. The number of aromatic nitrogens is 2. The van der Waals surface area contributed by atoms with Crippen LogP contribution in [0.2, 0.25) is 0 Å². The third kappa shape index (κ3) is 1.82. The maximum Gasteiger partial charge on any atom is 0.335 e. The molecule has 0 bridgehead atoms. The Morgan fingerprint density at radius 2 is 2.06 bits per heavy atom. The van der Waals surface area contributed by atoms with E-state index in [-0.39, 0.29) is 5.56 Å². The highest BCUT2D eigenvalue weighted by molar-refractivity contribution is 5.88. The summed E-state index contributed by atoms with van der Waals surface area (Å²) >= 11 is 0. The molecular formula is C12H12N2O2. The number of hydrogen-bond acceptors (Lipinski definition) is 2. The number of rotatable bonds is 3. The predicted octanol–water partition coefficient (Wildman–Crippen LogP) is 2.34. The van der Waals surface area contributed by atoms with Gasteiger partial charge in [0.2, 0.25) is 0 Å². The Hall–Kier alpha value is -2.10. The third-order valence-corrected chi connectivity index (χ3v) is 2.48. The molecule has 2 rings (SSSR count). The lowest BCUT2D eigenvalue weighted by atomic mass is 10.1. The molecule has 0 radical (unpaired) electrons. The molecule has 0 saturated heterocycles. The van der Waals surface area contributed by atoms with Gasteiger partial charge in [0.15, 0.2) is 0 Å². The summed E-state index contributed by atoms with van der Waals surface area (Å²) < 4.78 is 0. The van der Waals surface area contributed by atoms with Crippen molar-refractivity contribution in [2.75, 3.05) is 0 Å². The maximum atomic E-state index is 10.7.